The van der Waals surface area contributed by atoms with E-state index in [9.17, 15) is 9.90 Å². The van der Waals surface area contributed by atoms with Crippen LogP contribution in [0.4, 0.5) is 0 Å². The molecule has 0 bridgehead atoms. The van der Waals surface area contributed by atoms with E-state index in [0.29, 0.717) is 30.2 Å². The molecule has 0 fully saturated rings. The van der Waals surface area contributed by atoms with Crippen LogP contribution in [0.2, 0.25) is 5.04 Å². The molecule has 0 radical (unpaired) electrons. The van der Waals surface area contributed by atoms with Gasteiger partial charge in [-0.15, -0.1) is 0 Å². The summed E-state index contributed by atoms with van der Waals surface area (Å²) in [5.74, 6) is 1.46. The number of aliphatic hydroxyl groups is 1. The Bertz CT molecular complexity index is 2080. The summed E-state index contributed by atoms with van der Waals surface area (Å²) < 4.78 is 16.2. The van der Waals surface area contributed by atoms with Crippen LogP contribution in [-0.4, -0.2) is 53.3 Å². The van der Waals surface area contributed by atoms with E-state index < -0.39 is 14.4 Å². The molecule has 0 aliphatic heterocycles. The molecule has 8 nitrogen and oxygen atoms in total. The molecule has 1 atom stereocenters. The topological polar surface area (TPSA) is 90.5 Å². The zero-order valence-corrected chi connectivity index (χ0v) is 30.8. The minimum atomic E-state index is -2.73. The van der Waals surface area contributed by atoms with Crippen molar-refractivity contribution in [2.45, 2.75) is 45.3 Å². The lowest BCUT2D eigenvalue weighted by Crippen LogP contribution is -2.68. The van der Waals surface area contributed by atoms with E-state index in [1.807, 2.05) is 79.7 Å². The average Bonchev–Trinajstić information content (AvgIpc) is 3.44. The van der Waals surface area contributed by atoms with E-state index in [1.165, 1.54) is 10.4 Å². The Morgan fingerprint density at radius 3 is 2.06 bits per heavy atom. The van der Waals surface area contributed by atoms with Gasteiger partial charge < -0.3 is 19.6 Å². The molecular weight excluding hydrogens is 653 g/mol. The number of imidazole rings is 1. The number of rotatable bonds is 14. The van der Waals surface area contributed by atoms with Gasteiger partial charge in [0, 0.05) is 18.4 Å². The van der Waals surface area contributed by atoms with Crippen LogP contribution < -0.4 is 30.5 Å². The Labute approximate surface area is 300 Å². The summed E-state index contributed by atoms with van der Waals surface area (Å²) in [6.07, 6.45) is 1.77. The van der Waals surface area contributed by atoms with Crippen LogP contribution in [-0.2, 0) is 6.42 Å². The lowest BCUT2D eigenvalue weighted by Gasteiger charge is -2.43. The van der Waals surface area contributed by atoms with Gasteiger partial charge in [-0.3, -0.25) is 4.57 Å². The second-order valence-corrected chi connectivity index (χ2v) is 18.1. The normalized spacial score (nSPS) is 12.5. The fraction of sp³-hybridized carbons (Fsp3) is 0.238. The summed E-state index contributed by atoms with van der Waals surface area (Å²) in [5.41, 5.74) is 3.62. The SMILES string of the molecule is C=C(C)n1c(=O)n(-c2ccc(CCNC[C@H](O)COc3ccc(O[Si](c4ccccc4)(c4ccccc4)C(C)(C)C)cc3)cc2)c2ncccc21. The van der Waals surface area contributed by atoms with E-state index in [4.69, 9.17) is 9.16 Å². The Balaban J connectivity index is 1.02. The molecule has 0 unspecified atom stereocenters. The predicted octanol–water partition coefficient (Wildman–Crippen LogP) is 6.19. The summed E-state index contributed by atoms with van der Waals surface area (Å²) in [5, 5.41) is 16.2. The van der Waals surface area contributed by atoms with Crippen LogP contribution in [0.5, 0.6) is 11.5 Å². The standard InChI is InChI=1S/C42H46N4O4Si/c1-31(2)45-39-17-12-27-44-40(39)46(41(45)48)33-20-18-32(19-21-33)26-28-43-29-34(47)30-49-35-22-24-36(25-23-35)50-51(42(3,4)5,37-13-8-6-9-14-37)38-15-10-7-11-16-38/h6-25,27,34,43,47H,1,26,28-30H2,2-5H3/t34-/m0/s1. The number of aromatic nitrogens is 3. The quantitative estimate of drug-likeness (QED) is 0.104. The molecule has 51 heavy (non-hydrogen) atoms. The molecule has 9 heteroatoms. The van der Waals surface area contributed by atoms with Crippen LogP contribution in [0.3, 0.4) is 0 Å². The number of ether oxygens (including phenoxy) is 1. The van der Waals surface area contributed by atoms with E-state index in [0.717, 1.165) is 28.9 Å². The molecule has 0 aliphatic carbocycles. The molecule has 6 rings (SSSR count). The van der Waals surface area contributed by atoms with Crippen molar-refractivity contribution in [2.75, 3.05) is 19.7 Å². The fourth-order valence-electron chi connectivity index (χ4n) is 6.63. The van der Waals surface area contributed by atoms with Gasteiger partial charge in [-0.05, 0) is 89.4 Å². The number of hydrogen-bond donors (Lipinski definition) is 2. The molecule has 0 saturated heterocycles. The van der Waals surface area contributed by atoms with Crippen molar-refractivity contribution in [2.24, 2.45) is 0 Å². The highest BCUT2D eigenvalue weighted by atomic mass is 28.4. The van der Waals surface area contributed by atoms with Crippen molar-refractivity contribution in [3.8, 4) is 17.2 Å². The van der Waals surface area contributed by atoms with E-state index in [1.54, 1.807) is 15.3 Å². The number of fused-ring (bicyclic) bond motifs is 1. The summed E-state index contributed by atoms with van der Waals surface area (Å²) in [4.78, 5) is 17.7. The maximum atomic E-state index is 13.2. The number of allylic oxidation sites excluding steroid dienone is 1. The van der Waals surface area contributed by atoms with Gasteiger partial charge in [0.05, 0.1) is 11.2 Å². The van der Waals surface area contributed by atoms with Crippen LogP contribution >= 0.6 is 0 Å². The first-order valence-electron chi connectivity index (χ1n) is 17.3. The first kappa shape index (κ1) is 35.6. The van der Waals surface area contributed by atoms with Gasteiger partial charge in [0.25, 0.3) is 0 Å². The van der Waals surface area contributed by atoms with E-state index in [-0.39, 0.29) is 17.3 Å². The van der Waals surface area contributed by atoms with Crippen LogP contribution in [0, 0.1) is 0 Å². The highest BCUT2D eigenvalue weighted by molar-refractivity contribution is 7.00. The van der Waals surface area contributed by atoms with Gasteiger partial charge in [-0.1, -0.05) is 100 Å². The minimum Gasteiger partial charge on any atom is -0.534 e. The second kappa shape index (κ2) is 15.3. The second-order valence-electron chi connectivity index (χ2n) is 13.9. The third kappa shape index (κ3) is 7.61. The largest absolute Gasteiger partial charge is 0.534 e. The molecular formula is C42H46N4O4Si. The summed E-state index contributed by atoms with van der Waals surface area (Å²) in [7, 11) is -2.73. The van der Waals surface area contributed by atoms with Crippen molar-refractivity contribution in [1.82, 2.24) is 19.4 Å². The number of aliphatic hydroxyl groups excluding tert-OH is 1. The molecule has 2 N–H and O–H groups in total. The van der Waals surface area contributed by atoms with Gasteiger partial charge in [-0.25, -0.2) is 14.3 Å². The van der Waals surface area contributed by atoms with Gasteiger partial charge in [0.1, 0.15) is 24.2 Å². The van der Waals surface area contributed by atoms with E-state index in [2.05, 4.69) is 86.2 Å². The first-order chi connectivity index (χ1) is 24.6. The zero-order chi connectivity index (χ0) is 36.0. The molecule has 0 amide bonds. The molecule has 4 aromatic carbocycles. The molecule has 0 aliphatic rings. The smallest absolute Gasteiger partial charge is 0.339 e. The lowest BCUT2D eigenvalue weighted by molar-refractivity contribution is 0.106. The Kier molecular flexibility index (Phi) is 10.7. The van der Waals surface area contributed by atoms with E-state index >= 15 is 0 Å². The monoisotopic (exact) mass is 698 g/mol. The highest BCUT2D eigenvalue weighted by Gasteiger charge is 2.52. The maximum Gasteiger partial charge on any atom is 0.339 e. The number of pyridine rings is 1. The number of hydrogen-bond acceptors (Lipinski definition) is 6. The highest BCUT2D eigenvalue weighted by Crippen LogP contribution is 2.37. The van der Waals surface area contributed by atoms with Gasteiger partial charge in [-0.2, -0.15) is 0 Å². The van der Waals surface area contributed by atoms with Gasteiger partial charge >= 0.3 is 14.0 Å². The van der Waals surface area contributed by atoms with Gasteiger partial charge in [0.2, 0.25) is 0 Å². The molecule has 262 valence electrons. The average molecular weight is 699 g/mol. The number of benzene rings is 4. The van der Waals surface area contributed by atoms with Crippen molar-refractivity contribution in [3.05, 3.63) is 150 Å². The van der Waals surface area contributed by atoms with Crippen molar-refractivity contribution in [1.29, 1.82) is 0 Å². The van der Waals surface area contributed by atoms with Gasteiger partial charge in [0.15, 0.2) is 5.65 Å². The minimum absolute atomic E-state index is 0.142. The van der Waals surface area contributed by atoms with Crippen molar-refractivity contribution < 1.29 is 14.3 Å². The molecule has 0 spiro atoms. The Morgan fingerprint density at radius 1 is 0.863 bits per heavy atom. The number of nitrogens with one attached hydrogen (secondary N) is 1. The van der Waals surface area contributed by atoms with Crippen LogP contribution in [0.15, 0.2) is 139 Å². The van der Waals surface area contributed by atoms with Crippen LogP contribution in [0.1, 0.15) is 33.3 Å². The van der Waals surface area contributed by atoms with Crippen LogP contribution in [0.25, 0.3) is 22.5 Å². The molecule has 6 aromatic rings. The molecule has 2 aromatic heterocycles. The molecule has 2 heterocycles. The molecule has 0 saturated carbocycles. The Hall–Kier alpha value is -5.22. The summed E-state index contributed by atoms with van der Waals surface area (Å²) in [6, 6.07) is 40.4. The first-order valence-corrected chi connectivity index (χ1v) is 19.2. The Morgan fingerprint density at radius 2 is 1.47 bits per heavy atom. The number of nitrogens with zero attached hydrogens (tertiary/aromatic N) is 3. The third-order valence-electron chi connectivity index (χ3n) is 9.10. The van der Waals surface area contributed by atoms with Crippen molar-refractivity contribution >= 4 is 35.6 Å². The maximum absolute atomic E-state index is 13.2. The summed E-state index contributed by atoms with van der Waals surface area (Å²) in [6.45, 7) is 13.8. The fourth-order valence-corrected chi connectivity index (χ4v) is 11.0. The predicted molar refractivity (Wildman–Crippen MR) is 209 cm³/mol. The van der Waals surface area contributed by atoms with Crippen molar-refractivity contribution in [3.63, 3.8) is 0 Å². The summed E-state index contributed by atoms with van der Waals surface area (Å²) >= 11 is 0. The lowest BCUT2D eigenvalue weighted by atomic mass is 10.1. The third-order valence-corrected chi connectivity index (χ3v) is 14.0. The zero-order valence-electron chi connectivity index (χ0n) is 29.8.